The van der Waals surface area contributed by atoms with Gasteiger partial charge in [0.25, 0.3) is 11.8 Å². The highest BCUT2D eigenvalue weighted by Crippen LogP contribution is 2.12. The molecule has 2 amide bonds. The first kappa shape index (κ1) is 10.6. The predicted octanol–water partition coefficient (Wildman–Crippen LogP) is 0.588. The van der Waals surface area contributed by atoms with Crippen LogP contribution in [0.15, 0.2) is 30.4 Å². The van der Waals surface area contributed by atoms with Gasteiger partial charge in [0.15, 0.2) is 0 Å². The molecule has 0 bridgehead atoms. The molecule has 5 heteroatoms. The lowest BCUT2D eigenvalue weighted by atomic mass is 10.3. The van der Waals surface area contributed by atoms with E-state index in [-0.39, 0.29) is 11.8 Å². The predicted molar refractivity (Wildman–Crippen MR) is 57.3 cm³/mol. The molecular weight excluding hydrogens is 206 g/mol. The van der Waals surface area contributed by atoms with Gasteiger partial charge in [0, 0.05) is 37.1 Å². The summed E-state index contributed by atoms with van der Waals surface area (Å²) < 4.78 is 1.92. The molecule has 0 saturated heterocycles. The number of carbonyl (C=O) groups excluding carboxylic acids is 2. The minimum Gasteiger partial charge on any atom is -0.337 e. The van der Waals surface area contributed by atoms with Gasteiger partial charge in [-0.1, -0.05) is 0 Å². The summed E-state index contributed by atoms with van der Waals surface area (Å²) in [4.78, 5) is 28.1. The normalized spacial score (nSPS) is 15.8. The van der Waals surface area contributed by atoms with Gasteiger partial charge in [-0.25, -0.2) is 4.98 Å². The highest BCUT2D eigenvalue weighted by Gasteiger charge is 2.27. The third-order valence-electron chi connectivity index (χ3n) is 2.55. The Bertz CT molecular complexity index is 434. The minimum atomic E-state index is -0.201. The molecule has 0 fully saturated rings. The summed E-state index contributed by atoms with van der Waals surface area (Å²) >= 11 is 0. The first-order valence-corrected chi connectivity index (χ1v) is 5.18. The molecule has 84 valence electrons. The Kier molecular flexibility index (Phi) is 2.85. The molecule has 0 saturated carbocycles. The summed E-state index contributed by atoms with van der Waals surface area (Å²) in [6, 6.07) is 0. The van der Waals surface area contributed by atoms with Crippen LogP contribution in [0.2, 0.25) is 0 Å². The van der Waals surface area contributed by atoms with Crippen LogP contribution < -0.4 is 0 Å². The van der Waals surface area contributed by atoms with Gasteiger partial charge in [-0.3, -0.25) is 14.5 Å². The summed E-state index contributed by atoms with van der Waals surface area (Å²) in [6.45, 7) is 2.88. The molecule has 0 atom stereocenters. The van der Waals surface area contributed by atoms with E-state index in [1.54, 1.807) is 19.4 Å². The van der Waals surface area contributed by atoms with Crippen LogP contribution >= 0.6 is 0 Å². The number of imide groups is 1. The van der Waals surface area contributed by atoms with E-state index in [0.717, 1.165) is 13.0 Å². The Labute approximate surface area is 93.4 Å². The lowest BCUT2D eigenvalue weighted by Crippen LogP contribution is -2.32. The van der Waals surface area contributed by atoms with Crippen LogP contribution in [0.4, 0.5) is 0 Å². The minimum absolute atomic E-state index is 0.171. The fourth-order valence-corrected chi connectivity index (χ4v) is 1.68. The molecule has 1 aliphatic rings. The van der Waals surface area contributed by atoms with Gasteiger partial charge in [-0.2, -0.15) is 0 Å². The van der Waals surface area contributed by atoms with Gasteiger partial charge in [-0.05, 0) is 13.3 Å². The number of amides is 2. The molecule has 2 rings (SSSR count). The number of aryl methyl sites for hydroxylation is 1. The van der Waals surface area contributed by atoms with Gasteiger partial charge >= 0.3 is 0 Å². The Morgan fingerprint density at radius 3 is 2.69 bits per heavy atom. The van der Waals surface area contributed by atoms with Crippen molar-refractivity contribution in [2.24, 2.45) is 0 Å². The number of imidazole rings is 1. The van der Waals surface area contributed by atoms with E-state index in [1.807, 2.05) is 10.8 Å². The molecule has 1 aliphatic heterocycles. The van der Waals surface area contributed by atoms with Crippen molar-refractivity contribution < 1.29 is 9.59 Å². The molecule has 2 heterocycles. The molecule has 0 aromatic carbocycles. The fourth-order valence-electron chi connectivity index (χ4n) is 1.68. The maximum atomic E-state index is 11.5. The number of hydrogen-bond donors (Lipinski definition) is 0. The Balaban J connectivity index is 1.83. The summed E-state index contributed by atoms with van der Waals surface area (Å²) in [5, 5.41) is 0. The van der Waals surface area contributed by atoms with E-state index in [1.165, 1.54) is 11.0 Å². The van der Waals surface area contributed by atoms with Crippen molar-refractivity contribution in [2.75, 3.05) is 6.54 Å². The Morgan fingerprint density at radius 2 is 2.12 bits per heavy atom. The molecule has 0 spiro atoms. The van der Waals surface area contributed by atoms with E-state index < -0.39 is 0 Å². The smallest absolute Gasteiger partial charge is 0.256 e. The van der Waals surface area contributed by atoms with E-state index in [9.17, 15) is 9.59 Å². The number of carbonyl (C=O) groups is 2. The van der Waals surface area contributed by atoms with Crippen molar-refractivity contribution >= 4 is 11.8 Å². The van der Waals surface area contributed by atoms with Crippen LogP contribution in [0.3, 0.4) is 0 Å². The molecular formula is C11H13N3O2. The van der Waals surface area contributed by atoms with Gasteiger partial charge in [0.1, 0.15) is 0 Å². The third kappa shape index (κ3) is 2.03. The van der Waals surface area contributed by atoms with Crippen molar-refractivity contribution in [3.8, 4) is 0 Å². The van der Waals surface area contributed by atoms with E-state index >= 15 is 0 Å². The first-order chi connectivity index (χ1) is 7.68. The summed E-state index contributed by atoms with van der Waals surface area (Å²) in [5.41, 5.74) is 0.521. The molecule has 1 aromatic heterocycles. The van der Waals surface area contributed by atoms with Crippen LogP contribution in [0.5, 0.6) is 0 Å². The number of aromatic nitrogens is 2. The van der Waals surface area contributed by atoms with Gasteiger partial charge in [-0.15, -0.1) is 0 Å². The van der Waals surface area contributed by atoms with Gasteiger partial charge in [0.2, 0.25) is 0 Å². The molecule has 0 N–H and O–H groups in total. The molecule has 0 aliphatic carbocycles. The summed E-state index contributed by atoms with van der Waals surface area (Å²) in [5.74, 6) is -0.372. The molecule has 0 radical (unpaired) electrons. The van der Waals surface area contributed by atoms with E-state index in [4.69, 9.17) is 0 Å². The fraction of sp³-hybridized carbons (Fsp3) is 0.364. The zero-order chi connectivity index (χ0) is 11.5. The lowest BCUT2D eigenvalue weighted by Gasteiger charge is -2.14. The second-order valence-electron chi connectivity index (χ2n) is 3.78. The number of nitrogens with zero attached hydrogens (tertiary/aromatic N) is 3. The highest BCUT2D eigenvalue weighted by atomic mass is 16.2. The van der Waals surface area contributed by atoms with Crippen LogP contribution in [-0.4, -0.2) is 32.8 Å². The monoisotopic (exact) mass is 219 g/mol. The van der Waals surface area contributed by atoms with Gasteiger partial charge < -0.3 is 4.57 Å². The zero-order valence-corrected chi connectivity index (χ0v) is 9.09. The van der Waals surface area contributed by atoms with E-state index in [0.29, 0.717) is 12.1 Å². The van der Waals surface area contributed by atoms with Crippen LogP contribution in [0.1, 0.15) is 13.3 Å². The maximum Gasteiger partial charge on any atom is 0.256 e. The molecule has 0 unspecified atom stereocenters. The topological polar surface area (TPSA) is 55.2 Å². The van der Waals surface area contributed by atoms with Crippen molar-refractivity contribution in [3.63, 3.8) is 0 Å². The number of rotatable bonds is 4. The van der Waals surface area contributed by atoms with Crippen LogP contribution in [-0.2, 0) is 16.1 Å². The van der Waals surface area contributed by atoms with Crippen molar-refractivity contribution in [3.05, 3.63) is 30.4 Å². The van der Waals surface area contributed by atoms with Crippen molar-refractivity contribution in [1.82, 2.24) is 14.5 Å². The standard InChI is InChI=1S/C11H13N3O2/c1-9-7-10(15)14(11(9)16)5-2-4-13-6-3-12-8-13/h3,6-8H,2,4-5H2,1H3. The average Bonchev–Trinajstić information content (AvgIpc) is 2.82. The Hall–Kier alpha value is -1.91. The zero-order valence-electron chi connectivity index (χ0n) is 9.09. The maximum absolute atomic E-state index is 11.5. The SMILES string of the molecule is CC1=CC(=O)N(CCCn2ccnc2)C1=O. The second-order valence-corrected chi connectivity index (χ2v) is 3.78. The largest absolute Gasteiger partial charge is 0.337 e. The quantitative estimate of drug-likeness (QED) is 0.696. The van der Waals surface area contributed by atoms with E-state index in [2.05, 4.69) is 4.98 Å². The van der Waals surface area contributed by atoms with Crippen molar-refractivity contribution in [1.29, 1.82) is 0 Å². The molecule has 16 heavy (non-hydrogen) atoms. The third-order valence-corrected chi connectivity index (χ3v) is 2.55. The highest BCUT2D eigenvalue weighted by molar-refractivity contribution is 6.15. The van der Waals surface area contributed by atoms with Gasteiger partial charge in [0.05, 0.1) is 6.33 Å². The van der Waals surface area contributed by atoms with Crippen LogP contribution in [0, 0.1) is 0 Å². The molecule has 1 aromatic rings. The second kappa shape index (κ2) is 4.30. The first-order valence-electron chi connectivity index (χ1n) is 5.18. The lowest BCUT2D eigenvalue weighted by molar-refractivity contribution is -0.137. The molecule has 5 nitrogen and oxygen atoms in total. The summed E-state index contributed by atoms with van der Waals surface area (Å²) in [7, 11) is 0. The number of hydrogen-bond acceptors (Lipinski definition) is 3. The summed E-state index contributed by atoms with van der Waals surface area (Å²) in [6.07, 6.45) is 7.42. The average molecular weight is 219 g/mol. The van der Waals surface area contributed by atoms with Crippen molar-refractivity contribution in [2.45, 2.75) is 19.9 Å². The Morgan fingerprint density at radius 1 is 1.31 bits per heavy atom. The van der Waals surface area contributed by atoms with Crippen LogP contribution in [0.25, 0.3) is 0 Å².